The van der Waals surface area contributed by atoms with Crippen molar-refractivity contribution in [3.63, 3.8) is 0 Å². The molecule has 0 aliphatic heterocycles. The van der Waals surface area contributed by atoms with Gasteiger partial charge in [0.2, 0.25) is 0 Å². The Hall–Kier alpha value is -1.13. The van der Waals surface area contributed by atoms with Crippen molar-refractivity contribution in [3.05, 3.63) is 52.5 Å². The first-order valence-electron chi connectivity index (χ1n) is 5.05. The van der Waals surface area contributed by atoms with Gasteiger partial charge in [-0.25, -0.2) is 4.21 Å². The van der Waals surface area contributed by atoms with Gasteiger partial charge in [0, 0.05) is 4.90 Å². The zero-order valence-electron chi connectivity index (χ0n) is 9.18. The largest absolute Gasteiger partial charge is 0.505 e. The minimum atomic E-state index is -1.36. The Morgan fingerprint density at radius 2 is 1.76 bits per heavy atom. The van der Waals surface area contributed by atoms with Crippen molar-refractivity contribution in [3.8, 4) is 5.75 Å². The molecule has 1 N–H and O–H groups in total. The van der Waals surface area contributed by atoms with E-state index in [0.29, 0.717) is 14.3 Å². The number of rotatable bonds is 2. The van der Waals surface area contributed by atoms with E-state index >= 15 is 0 Å². The van der Waals surface area contributed by atoms with Gasteiger partial charge in [0.15, 0.2) is 0 Å². The molecular formula is C13H11BrO2S. The molecule has 0 saturated carbocycles. The maximum absolute atomic E-state index is 12.3. The van der Waals surface area contributed by atoms with E-state index in [2.05, 4.69) is 15.9 Å². The normalized spacial score (nSPS) is 12.4. The SMILES string of the molecule is Cc1ccc([S@](=O)c2cccc(Br)c2O)cc1. The fraction of sp³-hybridized carbons (Fsp3) is 0.0769. The van der Waals surface area contributed by atoms with E-state index in [1.54, 1.807) is 18.2 Å². The van der Waals surface area contributed by atoms with Gasteiger partial charge in [-0.3, -0.25) is 0 Å². The summed E-state index contributed by atoms with van der Waals surface area (Å²) in [5, 5.41) is 9.84. The summed E-state index contributed by atoms with van der Waals surface area (Å²) in [6, 6.07) is 12.6. The molecule has 17 heavy (non-hydrogen) atoms. The van der Waals surface area contributed by atoms with Gasteiger partial charge in [-0.05, 0) is 47.1 Å². The summed E-state index contributed by atoms with van der Waals surface area (Å²) in [6.07, 6.45) is 0. The van der Waals surface area contributed by atoms with Gasteiger partial charge in [0.1, 0.15) is 5.75 Å². The van der Waals surface area contributed by atoms with Crippen LogP contribution in [0.15, 0.2) is 56.7 Å². The zero-order chi connectivity index (χ0) is 12.4. The predicted molar refractivity (Wildman–Crippen MR) is 71.7 cm³/mol. The van der Waals surface area contributed by atoms with Crippen molar-refractivity contribution in [2.24, 2.45) is 0 Å². The monoisotopic (exact) mass is 310 g/mol. The molecule has 0 aromatic heterocycles. The van der Waals surface area contributed by atoms with Gasteiger partial charge in [-0.1, -0.05) is 23.8 Å². The Morgan fingerprint density at radius 3 is 2.41 bits per heavy atom. The van der Waals surface area contributed by atoms with Crippen molar-refractivity contribution < 1.29 is 9.32 Å². The van der Waals surface area contributed by atoms with Crippen LogP contribution in [-0.2, 0) is 10.8 Å². The lowest BCUT2D eigenvalue weighted by Crippen LogP contribution is -1.93. The topological polar surface area (TPSA) is 37.3 Å². The number of hydrogen-bond donors (Lipinski definition) is 1. The fourth-order valence-corrected chi connectivity index (χ4v) is 3.06. The lowest BCUT2D eigenvalue weighted by atomic mass is 10.2. The van der Waals surface area contributed by atoms with Gasteiger partial charge >= 0.3 is 0 Å². The molecule has 2 nitrogen and oxygen atoms in total. The number of para-hydroxylation sites is 1. The number of phenolic OH excluding ortho intramolecular Hbond substituents is 1. The van der Waals surface area contributed by atoms with Crippen LogP contribution in [0.1, 0.15) is 5.56 Å². The molecule has 0 amide bonds. The highest BCUT2D eigenvalue weighted by Gasteiger charge is 2.13. The van der Waals surface area contributed by atoms with E-state index in [-0.39, 0.29) is 5.75 Å². The molecule has 0 fully saturated rings. The molecule has 0 saturated heterocycles. The Kier molecular flexibility index (Phi) is 3.64. The van der Waals surface area contributed by atoms with Gasteiger partial charge in [0.25, 0.3) is 0 Å². The summed E-state index contributed by atoms with van der Waals surface area (Å²) in [5.74, 6) is 0.0337. The highest BCUT2D eigenvalue weighted by molar-refractivity contribution is 9.10. The van der Waals surface area contributed by atoms with Gasteiger partial charge in [0.05, 0.1) is 20.2 Å². The summed E-state index contributed by atoms with van der Waals surface area (Å²) < 4.78 is 12.8. The standard InChI is InChI=1S/C13H11BrO2S/c1-9-5-7-10(8-6-9)17(16)12-4-2-3-11(14)13(12)15/h2-8,15H,1H3/t17-/m0/s1. The molecule has 2 aromatic rings. The van der Waals surface area contributed by atoms with Crippen LogP contribution in [0, 0.1) is 6.92 Å². The summed E-state index contributed by atoms with van der Waals surface area (Å²) in [6.45, 7) is 1.98. The summed E-state index contributed by atoms with van der Waals surface area (Å²) in [5.41, 5.74) is 1.12. The fourth-order valence-electron chi connectivity index (χ4n) is 1.43. The molecule has 88 valence electrons. The van der Waals surface area contributed by atoms with Gasteiger partial charge in [-0.15, -0.1) is 0 Å². The first-order chi connectivity index (χ1) is 8.09. The summed E-state index contributed by atoms with van der Waals surface area (Å²) >= 11 is 3.21. The molecule has 0 radical (unpaired) electrons. The van der Waals surface area contributed by atoms with Crippen LogP contribution in [0.4, 0.5) is 0 Å². The molecule has 0 spiro atoms. The van der Waals surface area contributed by atoms with Crippen molar-refractivity contribution in [2.75, 3.05) is 0 Å². The smallest absolute Gasteiger partial charge is 0.146 e. The van der Waals surface area contributed by atoms with Gasteiger partial charge < -0.3 is 5.11 Å². The number of hydrogen-bond acceptors (Lipinski definition) is 2. The van der Waals surface area contributed by atoms with Crippen LogP contribution >= 0.6 is 15.9 Å². The van der Waals surface area contributed by atoms with E-state index in [1.807, 2.05) is 31.2 Å². The second-order valence-corrected chi connectivity index (χ2v) is 5.97. The van der Waals surface area contributed by atoms with E-state index in [4.69, 9.17) is 0 Å². The van der Waals surface area contributed by atoms with Crippen molar-refractivity contribution in [2.45, 2.75) is 16.7 Å². The predicted octanol–water partition coefficient (Wildman–Crippen LogP) is 3.63. The third-order valence-electron chi connectivity index (χ3n) is 2.38. The van der Waals surface area contributed by atoms with Crippen molar-refractivity contribution in [1.29, 1.82) is 0 Å². The van der Waals surface area contributed by atoms with E-state index in [0.717, 1.165) is 5.56 Å². The minimum absolute atomic E-state index is 0.0337. The summed E-state index contributed by atoms with van der Waals surface area (Å²) in [7, 11) is -1.36. The van der Waals surface area contributed by atoms with Crippen LogP contribution in [0.3, 0.4) is 0 Å². The van der Waals surface area contributed by atoms with E-state index in [9.17, 15) is 9.32 Å². The van der Waals surface area contributed by atoms with E-state index in [1.165, 1.54) is 0 Å². The maximum atomic E-state index is 12.3. The van der Waals surface area contributed by atoms with Crippen molar-refractivity contribution >= 4 is 26.7 Å². The van der Waals surface area contributed by atoms with E-state index < -0.39 is 10.8 Å². The molecule has 0 aliphatic carbocycles. The lowest BCUT2D eigenvalue weighted by Gasteiger charge is -2.06. The summed E-state index contributed by atoms with van der Waals surface area (Å²) in [4.78, 5) is 1.10. The number of halogens is 1. The first kappa shape index (κ1) is 12.3. The number of aryl methyl sites for hydroxylation is 1. The highest BCUT2D eigenvalue weighted by Crippen LogP contribution is 2.32. The molecule has 4 heteroatoms. The minimum Gasteiger partial charge on any atom is -0.505 e. The quantitative estimate of drug-likeness (QED) is 0.919. The average Bonchev–Trinajstić information content (AvgIpc) is 2.33. The Bertz CT molecular complexity index is 564. The molecule has 0 heterocycles. The van der Waals surface area contributed by atoms with Gasteiger partial charge in [-0.2, -0.15) is 0 Å². The van der Waals surface area contributed by atoms with Crippen molar-refractivity contribution in [1.82, 2.24) is 0 Å². The Morgan fingerprint density at radius 1 is 1.12 bits per heavy atom. The van der Waals surface area contributed by atoms with Crippen LogP contribution in [0.25, 0.3) is 0 Å². The highest BCUT2D eigenvalue weighted by atomic mass is 79.9. The molecule has 0 unspecified atom stereocenters. The number of phenols is 1. The molecule has 0 aliphatic rings. The Labute approximate surface area is 111 Å². The maximum Gasteiger partial charge on any atom is 0.146 e. The van der Waals surface area contributed by atoms with Crippen LogP contribution < -0.4 is 0 Å². The Balaban J connectivity index is 2.44. The molecule has 2 rings (SSSR count). The number of aromatic hydroxyl groups is 1. The third-order valence-corrected chi connectivity index (χ3v) is 4.45. The zero-order valence-corrected chi connectivity index (χ0v) is 11.6. The average molecular weight is 311 g/mol. The molecular weight excluding hydrogens is 300 g/mol. The number of benzene rings is 2. The molecule has 0 bridgehead atoms. The van der Waals surface area contributed by atoms with Crippen LogP contribution in [0.5, 0.6) is 5.75 Å². The third kappa shape index (κ3) is 2.58. The second kappa shape index (κ2) is 5.02. The van der Waals surface area contributed by atoms with Crippen LogP contribution in [0.2, 0.25) is 0 Å². The molecule has 1 atom stereocenters. The van der Waals surface area contributed by atoms with Crippen LogP contribution in [-0.4, -0.2) is 9.32 Å². The first-order valence-corrected chi connectivity index (χ1v) is 7.00. The lowest BCUT2D eigenvalue weighted by molar-refractivity contribution is 0.457. The second-order valence-electron chi connectivity index (χ2n) is 3.67. The molecule has 2 aromatic carbocycles.